The largest absolute Gasteiger partial charge is 0.140 e. The van der Waals surface area contributed by atoms with Crippen LogP contribution in [0.15, 0.2) is 55.1 Å². The fraction of sp³-hybridized carbons (Fsp3) is 0.0588. The first-order valence-corrected chi connectivity index (χ1v) is 6.82. The summed E-state index contributed by atoms with van der Waals surface area (Å²) < 4.78 is 1.34. The van der Waals surface area contributed by atoms with Gasteiger partial charge in [-0.2, -0.15) is 0 Å². The second-order valence-electron chi connectivity index (χ2n) is 4.35. The minimum Gasteiger partial charge on any atom is -0.140 e. The van der Waals surface area contributed by atoms with Crippen LogP contribution in [0.1, 0.15) is 10.4 Å². The molecule has 0 saturated heterocycles. The number of hydrogen-bond donors (Lipinski definition) is 0. The summed E-state index contributed by atoms with van der Waals surface area (Å²) in [5.41, 5.74) is 3.82. The fourth-order valence-corrected chi connectivity index (χ4v) is 3.41. The van der Waals surface area contributed by atoms with E-state index < -0.39 is 0 Å². The monoisotopic (exact) mass is 250 g/mol. The van der Waals surface area contributed by atoms with Crippen LogP contribution in [0.25, 0.3) is 27.3 Å². The van der Waals surface area contributed by atoms with Gasteiger partial charge >= 0.3 is 0 Å². The van der Waals surface area contributed by atoms with Crippen LogP contribution in [0.5, 0.6) is 0 Å². The van der Waals surface area contributed by atoms with E-state index in [9.17, 15) is 0 Å². The maximum atomic E-state index is 3.90. The van der Waals surface area contributed by atoms with Crippen LogP contribution >= 0.6 is 11.3 Å². The fourth-order valence-electron chi connectivity index (χ4n) is 2.30. The SMILES string of the molecule is C=Cc1c(C)sc2cc(-c3ccccc3)ccc12. The lowest BCUT2D eigenvalue weighted by molar-refractivity contribution is 1.61. The molecule has 0 spiro atoms. The summed E-state index contributed by atoms with van der Waals surface area (Å²) in [6.45, 7) is 6.06. The molecule has 1 heterocycles. The number of benzene rings is 2. The summed E-state index contributed by atoms with van der Waals surface area (Å²) in [7, 11) is 0. The molecule has 0 aliphatic heterocycles. The minimum atomic E-state index is 1.27. The van der Waals surface area contributed by atoms with Gasteiger partial charge in [0.05, 0.1) is 0 Å². The zero-order valence-electron chi connectivity index (χ0n) is 10.3. The van der Waals surface area contributed by atoms with E-state index in [2.05, 4.69) is 56.0 Å². The van der Waals surface area contributed by atoms with Crippen molar-refractivity contribution < 1.29 is 0 Å². The quantitative estimate of drug-likeness (QED) is 0.561. The Morgan fingerprint density at radius 2 is 1.78 bits per heavy atom. The van der Waals surface area contributed by atoms with E-state index >= 15 is 0 Å². The summed E-state index contributed by atoms with van der Waals surface area (Å²) in [4.78, 5) is 1.34. The van der Waals surface area contributed by atoms with Gasteiger partial charge < -0.3 is 0 Å². The first-order valence-electron chi connectivity index (χ1n) is 6.00. The van der Waals surface area contributed by atoms with Gasteiger partial charge in [0.15, 0.2) is 0 Å². The molecule has 0 fully saturated rings. The molecule has 1 heteroatoms. The van der Waals surface area contributed by atoms with Gasteiger partial charge in [-0.05, 0) is 35.1 Å². The molecule has 0 aliphatic rings. The minimum absolute atomic E-state index is 1.27. The molecule has 88 valence electrons. The predicted octanol–water partition coefficient (Wildman–Crippen LogP) is 5.52. The zero-order valence-corrected chi connectivity index (χ0v) is 11.1. The molecule has 0 amide bonds. The van der Waals surface area contributed by atoms with Gasteiger partial charge in [-0.1, -0.05) is 55.1 Å². The van der Waals surface area contributed by atoms with Gasteiger partial charge in [-0.3, -0.25) is 0 Å². The number of hydrogen-bond acceptors (Lipinski definition) is 1. The molecule has 18 heavy (non-hydrogen) atoms. The van der Waals surface area contributed by atoms with E-state index in [1.807, 2.05) is 23.5 Å². The number of aryl methyl sites for hydroxylation is 1. The average molecular weight is 250 g/mol. The Kier molecular flexibility index (Phi) is 2.77. The maximum absolute atomic E-state index is 3.90. The van der Waals surface area contributed by atoms with Crippen molar-refractivity contribution >= 4 is 27.5 Å². The first-order chi connectivity index (χ1) is 8.79. The third kappa shape index (κ3) is 1.77. The average Bonchev–Trinajstić information content (AvgIpc) is 2.74. The Labute approximate surface area is 111 Å². The highest BCUT2D eigenvalue weighted by atomic mass is 32.1. The van der Waals surface area contributed by atoms with Crippen LogP contribution in [-0.2, 0) is 0 Å². The molecular weight excluding hydrogens is 236 g/mol. The van der Waals surface area contributed by atoms with Crippen molar-refractivity contribution in [3.8, 4) is 11.1 Å². The maximum Gasteiger partial charge on any atom is 0.0357 e. The highest BCUT2D eigenvalue weighted by molar-refractivity contribution is 7.19. The summed E-state index contributed by atoms with van der Waals surface area (Å²) in [5, 5.41) is 1.31. The molecular formula is C17H14S. The summed E-state index contributed by atoms with van der Waals surface area (Å²) in [6, 6.07) is 17.2. The van der Waals surface area contributed by atoms with E-state index in [4.69, 9.17) is 0 Å². The van der Waals surface area contributed by atoms with Crippen LogP contribution < -0.4 is 0 Å². The zero-order chi connectivity index (χ0) is 12.5. The smallest absolute Gasteiger partial charge is 0.0357 e. The summed E-state index contributed by atoms with van der Waals surface area (Å²) >= 11 is 1.84. The van der Waals surface area contributed by atoms with Crippen molar-refractivity contribution in [1.82, 2.24) is 0 Å². The Morgan fingerprint density at radius 1 is 1.00 bits per heavy atom. The second-order valence-corrected chi connectivity index (χ2v) is 5.61. The lowest BCUT2D eigenvalue weighted by atomic mass is 10.0. The molecule has 0 unspecified atom stereocenters. The second kappa shape index (κ2) is 4.43. The molecule has 0 N–H and O–H groups in total. The van der Waals surface area contributed by atoms with Crippen LogP contribution in [0.3, 0.4) is 0 Å². The lowest BCUT2D eigenvalue weighted by Crippen LogP contribution is -1.76. The Hall–Kier alpha value is -1.86. The van der Waals surface area contributed by atoms with Gasteiger partial charge in [-0.15, -0.1) is 11.3 Å². The Balaban J connectivity index is 2.21. The van der Waals surface area contributed by atoms with E-state index in [1.54, 1.807) is 0 Å². The highest BCUT2D eigenvalue weighted by Crippen LogP contribution is 2.34. The van der Waals surface area contributed by atoms with Crippen molar-refractivity contribution in [1.29, 1.82) is 0 Å². The summed E-state index contributed by atoms with van der Waals surface area (Å²) in [5.74, 6) is 0. The third-order valence-corrected chi connectivity index (χ3v) is 4.31. The van der Waals surface area contributed by atoms with Crippen molar-refractivity contribution in [3.05, 3.63) is 65.6 Å². The van der Waals surface area contributed by atoms with E-state index in [-0.39, 0.29) is 0 Å². The van der Waals surface area contributed by atoms with Crippen molar-refractivity contribution in [2.24, 2.45) is 0 Å². The van der Waals surface area contributed by atoms with Crippen molar-refractivity contribution in [2.45, 2.75) is 6.92 Å². The molecule has 0 bridgehead atoms. The van der Waals surface area contributed by atoms with Crippen LogP contribution in [0.2, 0.25) is 0 Å². The number of fused-ring (bicyclic) bond motifs is 1. The molecule has 0 nitrogen and oxygen atoms in total. The molecule has 1 aromatic heterocycles. The molecule has 3 rings (SSSR count). The van der Waals surface area contributed by atoms with Crippen LogP contribution in [0, 0.1) is 6.92 Å². The van der Waals surface area contributed by atoms with Gasteiger partial charge in [0.1, 0.15) is 0 Å². The Morgan fingerprint density at radius 3 is 2.50 bits per heavy atom. The number of rotatable bonds is 2. The van der Waals surface area contributed by atoms with Crippen LogP contribution in [0.4, 0.5) is 0 Å². The molecule has 0 aliphatic carbocycles. The standard InChI is InChI=1S/C17H14S/c1-3-15-12(2)18-17-11-14(9-10-16(15)17)13-7-5-4-6-8-13/h3-11H,1H2,2H3. The lowest BCUT2D eigenvalue weighted by Gasteiger charge is -2.01. The van der Waals surface area contributed by atoms with Crippen molar-refractivity contribution in [3.63, 3.8) is 0 Å². The third-order valence-electron chi connectivity index (χ3n) is 3.23. The van der Waals surface area contributed by atoms with Gasteiger partial charge in [-0.25, -0.2) is 0 Å². The van der Waals surface area contributed by atoms with Crippen molar-refractivity contribution in [2.75, 3.05) is 0 Å². The van der Waals surface area contributed by atoms with Gasteiger partial charge in [0.25, 0.3) is 0 Å². The van der Waals surface area contributed by atoms with Gasteiger partial charge in [0, 0.05) is 9.58 Å². The first kappa shape index (κ1) is 11.2. The number of thiophene rings is 1. The molecule has 0 radical (unpaired) electrons. The van der Waals surface area contributed by atoms with E-state index in [0.717, 1.165) is 0 Å². The van der Waals surface area contributed by atoms with E-state index in [1.165, 1.54) is 31.7 Å². The normalized spacial score (nSPS) is 10.7. The topological polar surface area (TPSA) is 0 Å². The predicted molar refractivity (Wildman–Crippen MR) is 82.1 cm³/mol. The summed E-state index contributed by atoms with van der Waals surface area (Å²) in [6.07, 6.45) is 1.95. The molecule has 0 atom stereocenters. The van der Waals surface area contributed by atoms with Crippen LogP contribution in [-0.4, -0.2) is 0 Å². The molecule has 3 aromatic rings. The highest BCUT2D eigenvalue weighted by Gasteiger charge is 2.07. The van der Waals surface area contributed by atoms with E-state index in [0.29, 0.717) is 0 Å². The molecule has 2 aromatic carbocycles. The van der Waals surface area contributed by atoms with Gasteiger partial charge in [0.2, 0.25) is 0 Å². The molecule has 0 saturated carbocycles. The Bertz CT molecular complexity index is 705.